The molecular weight excluding hydrogens is 497 g/mol. The lowest BCUT2D eigenvalue weighted by Crippen LogP contribution is -2.26. The third kappa shape index (κ3) is 5.03. The van der Waals surface area contributed by atoms with Crippen LogP contribution in [0.3, 0.4) is 0 Å². The van der Waals surface area contributed by atoms with Crippen molar-refractivity contribution in [2.45, 2.75) is 44.8 Å². The van der Waals surface area contributed by atoms with Gasteiger partial charge < -0.3 is 10.1 Å². The summed E-state index contributed by atoms with van der Waals surface area (Å²) in [6.07, 6.45) is 2.96. The van der Waals surface area contributed by atoms with Crippen molar-refractivity contribution in [2.75, 3.05) is 31.6 Å². The third-order valence-corrected chi connectivity index (χ3v) is 8.21. The number of ether oxygens (including phenoxy) is 1. The second kappa shape index (κ2) is 10.1. The summed E-state index contributed by atoms with van der Waals surface area (Å²) in [5, 5.41) is 8.11. The van der Waals surface area contributed by atoms with Crippen LogP contribution in [-0.2, 0) is 16.6 Å². The largest absolute Gasteiger partial charge is 0.477 e. The maximum Gasteiger partial charge on any atom is 0.269 e. The van der Waals surface area contributed by atoms with Crippen molar-refractivity contribution in [1.29, 1.82) is 0 Å². The molecule has 5 rings (SSSR count). The molecule has 0 aliphatic carbocycles. The Morgan fingerprint density at radius 1 is 1.14 bits per heavy atom. The molecule has 1 atom stereocenters. The van der Waals surface area contributed by atoms with Crippen molar-refractivity contribution in [2.24, 2.45) is 0 Å². The van der Waals surface area contributed by atoms with Gasteiger partial charge in [-0.3, -0.25) is 9.58 Å². The first-order chi connectivity index (χ1) is 17.8. The van der Waals surface area contributed by atoms with Gasteiger partial charge >= 0.3 is 0 Å². The third-order valence-electron chi connectivity index (χ3n) is 6.53. The zero-order valence-corrected chi connectivity index (χ0v) is 21.9. The van der Waals surface area contributed by atoms with Gasteiger partial charge in [0.2, 0.25) is 11.8 Å². The van der Waals surface area contributed by atoms with Crippen molar-refractivity contribution in [3.05, 3.63) is 54.0 Å². The molecule has 0 unspecified atom stereocenters. The van der Waals surface area contributed by atoms with Crippen LogP contribution in [0, 0.1) is 13.8 Å². The summed E-state index contributed by atoms with van der Waals surface area (Å²) in [6.45, 7) is 8.57. The average Bonchev–Trinajstić information content (AvgIpc) is 3.58. The maximum atomic E-state index is 13.5. The van der Waals surface area contributed by atoms with Crippen LogP contribution in [0.2, 0.25) is 0 Å². The number of fused-ring (bicyclic) bond motifs is 1. The Bertz CT molecular complexity index is 1520. The van der Waals surface area contributed by atoms with Gasteiger partial charge in [0.25, 0.3) is 10.0 Å². The number of aromatic nitrogens is 5. The lowest BCUT2D eigenvalue weighted by molar-refractivity contribution is 0.275. The fraction of sp³-hybridized carbons (Fsp3) is 0.400. The number of nitrogens with zero attached hydrogens (tertiary/aromatic N) is 6. The second-order valence-electron chi connectivity index (χ2n) is 9.13. The normalized spacial score (nSPS) is 16.5. The van der Waals surface area contributed by atoms with Crippen molar-refractivity contribution < 1.29 is 17.5 Å². The molecule has 1 aliphatic heterocycles. The maximum absolute atomic E-state index is 13.5. The Kier molecular flexibility index (Phi) is 6.86. The predicted molar refractivity (Wildman–Crippen MR) is 139 cm³/mol. The lowest BCUT2D eigenvalue weighted by atomic mass is 10.2. The number of rotatable bonds is 9. The molecule has 0 radical (unpaired) electrons. The van der Waals surface area contributed by atoms with E-state index in [0.29, 0.717) is 43.7 Å². The highest BCUT2D eigenvalue weighted by Gasteiger charge is 2.24. The van der Waals surface area contributed by atoms with E-state index in [9.17, 15) is 12.8 Å². The molecule has 4 aromatic rings. The Balaban J connectivity index is 1.45. The first kappa shape index (κ1) is 25.2. The molecule has 1 aliphatic rings. The van der Waals surface area contributed by atoms with E-state index in [1.54, 1.807) is 36.5 Å². The minimum Gasteiger partial charge on any atom is -0.477 e. The summed E-state index contributed by atoms with van der Waals surface area (Å²) in [6, 6.07) is 8.31. The Hall–Kier alpha value is -3.51. The van der Waals surface area contributed by atoms with Crippen LogP contribution >= 0.6 is 0 Å². The van der Waals surface area contributed by atoms with Crippen LogP contribution in [0.5, 0.6) is 5.88 Å². The van der Waals surface area contributed by atoms with Crippen LogP contribution in [0.4, 0.5) is 16.0 Å². The number of aryl methyl sites for hydroxylation is 1. The number of halogens is 1. The Morgan fingerprint density at radius 2 is 1.92 bits per heavy atom. The topological polar surface area (TPSA) is 107 Å². The van der Waals surface area contributed by atoms with E-state index in [4.69, 9.17) is 4.74 Å². The first-order valence-electron chi connectivity index (χ1n) is 12.3. The Labute approximate surface area is 215 Å². The van der Waals surface area contributed by atoms with E-state index in [-0.39, 0.29) is 22.4 Å². The summed E-state index contributed by atoms with van der Waals surface area (Å²) in [5.74, 6) is 0.477. The molecule has 0 saturated carbocycles. The molecule has 10 nitrogen and oxygen atoms in total. The molecule has 3 aromatic heterocycles. The molecule has 196 valence electrons. The lowest BCUT2D eigenvalue weighted by Gasteiger charge is -2.15. The van der Waals surface area contributed by atoms with Crippen LogP contribution in [-0.4, -0.2) is 69.5 Å². The van der Waals surface area contributed by atoms with E-state index in [1.807, 2.05) is 25.5 Å². The highest BCUT2D eigenvalue weighted by Crippen LogP contribution is 2.30. The van der Waals surface area contributed by atoms with Crippen LogP contribution in [0.25, 0.3) is 11.0 Å². The van der Waals surface area contributed by atoms with E-state index in [2.05, 4.69) is 25.3 Å². The van der Waals surface area contributed by atoms with Gasteiger partial charge in [-0.25, -0.2) is 16.8 Å². The number of nitrogens with one attached hydrogen (secondary N) is 1. The van der Waals surface area contributed by atoms with E-state index in [0.717, 1.165) is 21.8 Å². The minimum absolute atomic E-state index is 0.163. The fourth-order valence-corrected chi connectivity index (χ4v) is 5.72. The van der Waals surface area contributed by atoms with Gasteiger partial charge in [0.1, 0.15) is 6.17 Å². The van der Waals surface area contributed by atoms with Gasteiger partial charge in [0.15, 0.2) is 5.65 Å². The molecule has 0 amide bonds. The van der Waals surface area contributed by atoms with E-state index in [1.165, 1.54) is 6.20 Å². The SMILES string of the molecule is CCOc1nc(Nc2cnn(CCN3CC[C@H](F)C3)c2C)nc2c1ccn2S(=O)(=O)c1ccc(C)cc1. The van der Waals surface area contributed by atoms with Crippen molar-refractivity contribution >= 4 is 32.7 Å². The van der Waals surface area contributed by atoms with Crippen LogP contribution < -0.4 is 10.1 Å². The predicted octanol–water partition coefficient (Wildman–Crippen LogP) is 3.67. The molecule has 37 heavy (non-hydrogen) atoms. The molecular formula is C25H30FN7O3S. The highest BCUT2D eigenvalue weighted by molar-refractivity contribution is 7.90. The standard InChI is InChI=1S/C25H30FN7O3S/c1-4-36-24-21-10-12-33(37(34,35)20-7-5-17(2)6-8-20)23(21)29-25(30-24)28-22-15-27-32(18(22)3)14-13-31-11-9-19(26)16-31/h5-8,10,12,15,19H,4,9,11,13-14,16H2,1-3H3,(H,28,29,30)/t19-/m0/s1. The van der Waals surface area contributed by atoms with E-state index < -0.39 is 16.2 Å². The summed E-state index contributed by atoms with van der Waals surface area (Å²) in [5.41, 5.74) is 2.72. The fourth-order valence-electron chi connectivity index (χ4n) is 4.42. The number of hydrogen-bond acceptors (Lipinski definition) is 8. The number of anilines is 2. The average molecular weight is 528 g/mol. The highest BCUT2D eigenvalue weighted by atomic mass is 32.2. The van der Waals surface area contributed by atoms with Crippen LogP contribution in [0.15, 0.2) is 47.6 Å². The summed E-state index contributed by atoms with van der Waals surface area (Å²) < 4.78 is 49.0. The first-order valence-corrected chi connectivity index (χ1v) is 13.7. The Morgan fingerprint density at radius 3 is 2.62 bits per heavy atom. The zero-order valence-electron chi connectivity index (χ0n) is 21.1. The molecule has 1 saturated heterocycles. The number of benzene rings is 1. The molecule has 1 N–H and O–H groups in total. The zero-order chi connectivity index (χ0) is 26.2. The van der Waals surface area contributed by atoms with Crippen molar-refractivity contribution in [1.82, 2.24) is 28.6 Å². The summed E-state index contributed by atoms with van der Waals surface area (Å²) >= 11 is 0. The van der Waals surface area contributed by atoms with Gasteiger partial charge in [-0.05, 0) is 45.4 Å². The molecule has 1 aromatic carbocycles. The summed E-state index contributed by atoms with van der Waals surface area (Å²) in [4.78, 5) is 11.3. The van der Waals surface area contributed by atoms with Crippen molar-refractivity contribution in [3.63, 3.8) is 0 Å². The number of likely N-dealkylation sites (tertiary alicyclic amines) is 1. The molecule has 1 fully saturated rings. The summed E-state index contributed by atoms with van der Waals surface area (Å²) in [7, 11) is -3.89. The second-order valence-corrected chi connectivity index (χ2v) is 10.9. The van der Waals surface area contributed by atoms with Gasteiger partial charge in [0, 0.05) is 25.8 Å². The van der Waals surface area contributed by atoms with Crippen LogP contribution in [0.1, 0.15) is 24.6 Å². The minimum atomic E-state index is -3.89. The smallest absolute Gasteiger partial charge is 0.269 e. The molecule has 4 heterocycles. The molecule has 0 spiro atoms. The molecule has 12 heteroatoms. The van der Waals surface area contributed by atoms with Gasteiger partial charge in [0.05, 0.1) is 41.0 Å². The number of alkyl halides is 1. The monoisotopic (exact) mass is 527 g/mol. The quantitative estimate of drug-likeness (QED) is 0.351. The van der Waals surface area contributed by atoms with Gasteiger partial charge in [-0.1, -0.05) is 17.7 Å². The van der Waals surface area contributed by atoms with E-state index >= 15 is 0 Å². The van der Waals surface area contributed by atoms with Gasteiger partial charge in [-0.2, -0.15) is 15.1 Å². The molecule has 0 bridgehead atoms. The van der Waals surface area contributed by atoms with Crippen molar-refractivity contribution in [3.8, 4) is 5.88 Å². The number of hydrogen-bond donors (Lipinski definition) is 1. The van der Waals surface area contributed by atoms with Gasteiger partial charge in [-0.15, -0.1) is 0 Å².